The maximum Gasteiger partial charge on any atom is 0.233 e. The van der Waals surface area contributed by atoms with Crippen molar-refractivity contribution in [1.82, 2.24) is 4.90 Å². The predicted molar refractivity (Wildman–Crippen MR) is 65.3 cm³/mol. The van der Waals surface area contributed by atoms with Crippen molar-refractivity contribution < 1.29 is 14.7 Å². The Balaban J connectivity index is 2.71. The van der Waals surface area contributed by atoms with Gasteiger partial charge in [0.25, 0.3) is 0 Å². The van der Waals surface area contributed by atoms with Gasteiger partial charge in [0, 0.05) is 19.0 Å². The van der Waals surface area contributed by atoms with Gasteiger partial charge in [-0.25, -0.2) is 0 Å². The predicted octanol–water partition coefficient (Wildman–Crippen LogP) is 0.775. The number of aliphatic hydroxyl groups is 1. The molecule has 94 valence electrons. The van der Waals surface area contributed by atoms with E-state index in [1.165, 1.54) is 0 Å². The van der Waals surface area contributed by atoms with Crippen LogP contribution in [0.25, 0.3) is 0 Å². The highest BCUT2D eigenvalue weighted by atomic mass is 16.3. The molecule has 0 aliphatic heterocycles. The SMILES string of the molecule is C=CCN(CC=C)C(=O)C1CCC(CO)C1=O. The lowest BCUT2D eigenvalue weighted by molar-refractivity contribution is -0.140. The summed E-state index contributed by atoms with van der Waals surface area (Å²) < 4.78 is 0. The number of carbonyl (C=O) groups is 2. The van der Waals surface area contributed by atoms with Gasteiger partial charge < -0.3 is 10.0 Å². The fourth-order valence-corrected chi connectivity index (χ4v) is 2.15. The van der Waals surface area contributed by atoms with Crippen molar-refractivity contribution in [3.63, 3.8) is 0 Å². The molecule has 4 heteroatoms. The Bertz CT molecular complexity index is 315. The molecule has 17 heavy (non-hydrogen) atoms. The highest BCUT2D eigenvalue weighted by Crippen LogP contribution is 2.28. The third kappa shape index (κ3) is 3.03. The van der Waals surface area contributed by atoms with Crippen molar-refractivity contribution in [2.45, 2.75) is 12.8 Å². The fraction of sp³-hybridized carbons (Fsp3) is 0.538. The van der Waals surface area contributed by atoms with Gasteiger partial charge in [0.15, 0.2) is 5.78 Å². The molecule has 0 radical (unpaired) electrons. The van der Waals surface area contributed by atoms with Gasteiger partial charge >= 0.3 is 0 Å². The second-order valence-corrected chi connectivity index (χ2v) is 4.23. The summed E-state index contributed by atoms with van der Waals surface area (Å²) in [7, 11) is 0. The molecule has 0 saturated heterocycles. The summed E-state index contributed by atoms with van der Waals surface area (Å²) in [5.74, 6) is -1.26. The van der Waals surface area contributed by atoms with Crippen LogP contribution in [-0.4, -0.2) is 41.4 Å². The lowest BCUT2D eigenvalue weighted by atomic mass is 10.0. The summed E-state index contributed by atoms with van der Waals surface area (Å²) in [6, 6.07) is 0. The molecule has 1 aliphatic rings. The standard InChI is InChI=1S/C13H19NO3/c1-3-7-14(8-4-2)13(17)11-6-5-10(9-15)12(11)16/h3-4,10-11,15H,1-2,5-9H2. The number of rotatable bonds is 6. The van der Waals surface area contributed by atoms with Gasteiger partial charge in [0.05, 0.1) is 12.5 Å². The summed E-state index contributed by atoms with van der Waals surface area (Å²) in [4.78, 5) is 25.5. The number of amides is 1. The molecule has 1 saturated carbocycles. The molecule has 0 aromatic heterocycles. The number of aliphatic hydroxyl groups excluding tert-OH is 1. The van der Waals surface area contributed by atoms with Gasteiger partial charge in [-0.15, -0.1) is 13.2 Å². The summed E-state index contributed by atoms with van der Waals surface area (Å²) in [5, 5.41) is 9.00. The average Bonchev–Trinajstić information content (AvgIpc) is 2.69. The molecule has 0 aromatic carbocycles. The quantitative estimate of drug-likeness (QED) is 0.548. The van der Waals surface area contributed by atoms with E-state index < -0.39 is 5.92 Å². The molecule has 1 aliphatic carbocycles. The Morgan fingerprint density at radius 2 is 1.94 bits per heavy atom. The first-order chi connectivity index (χ1) is 8.15. The monoisotopic (exact) mass is 237 g/mol. The van der Waals surface area contributed by atoms with E-state index in [9.17, 15) is 9.59 Å². The summed E-state index contributed by atoms with van der Waals surface area (Å²) in [6.45, 7) is 7.85. The van der Waals surface area contributed by atoms with Gasteiger partial charge in [0.2, 0.25) is 5.91 Å². The van der Waals surface area contributed by atoms with Gasteiger partial charge in [-0.3, -0.25) is 9.59 Å². The lowest BCUT2D eigenvalue weighted by Gasteiger charge is -2.22. The van der Waals surface area contributed by atoms with Crippen LogP contribution in [0.4, 0.5) is 0 Å². The lowest BCUT2D eigenvalue weighted by Crippen LogP contribution is -2.39. The molecule has 0 heterocycles. The van der Waals surface area contributed by atoms with Crippen LogP contribution in [0.3, 0.4) is 0 Å². The van der Waals surface area contributed by atoms with Gasteiger partial charge in [-0.05, 0) is 12.8 Å². The molecule has 2 unspecified atom stereocenters. The van der Waals surface area contributed by atoms with Crippen molar-refractivity contribution >= 4 is 11.7 Å². The van der Waals surface area contributed by atoms with Crippen LogP contribution in [0.5, 0.6) is 0 Å². The third-order valence-corrected chi connectivity index (χ3v) is 3.08. The summed E-state index contributed by atoms with van der Waals surface area (Å²) >= 11 is 0. The van der Waals surface area contributed by atoms with Crippen LogP contribution in [0, 0.1) is 11.8 Å². The normalized spacial score (nSPS) is 23.5. The first kappa shape index (κ1) is 13.6. The largest absolute Gasteiger partial charge is 0.396 e. The number of ketones is 1. The number of Topliss-reactive ketones (excluding diaryl/α,β-unsaturated/α-hetero) is 1. The molecular formula is C13H19NO3. The molecule has 0 bridgehead atoms. The van der Waals surface area contributed by atoms with Crippen LogP contribution in [0.15, 0.2) is 25.3 Å². The van der Waals surface area contributed by atoms with Crippen LogP contribution in [-0.2, 0) is 9.59 Å². The van der Waals surface area contributed by atoms with Crippen molar-refractivity contribution in [3.05, 3.63) is 25.3 Å². The Labute approximate surface area is 102 Å². The number of nitrogens with zero attached hydrogens (tertiary/aromatic N) is 1. The van der Waals surface area contributed by atoms with E-state index in [-0.39, 0.29) is 24.2 Å². The molecule has 1 rings (SSSR count). The molecule has 0 aromatic rings. The Kier molecular flexibility index (Phi) is 5.10. The number of hydrogen-bond donors (Lipinski definition) is 1. The van der Waals surface area contributed by atoms with Gasteiger partial charge in [-0.2, -0.15) is 0 Å². The van der Waals surface area contributed by atoms with E-state index in [0.717, 1.165) is 0 Å². The zero-order valence-corrected chi connectivity index (χ0v) is 9.97. The summed E-state index contributed by atoms with van der Waals surface area (Å²) in [5.41, 5.74) is 0. The van der Waals surface area contributed by atoms with E-state index in [1.807, 2.05) is 0 Å². The zero-order valence-electron chi connectivity index (χ0n) is 9.97. The zero-order chi connectivity index (χ0) is 12.8. The third-order valence-electron chi connectivity index (χ3n) is 3.08. The molecule has 1 N–H and O–H groups in total. The smallest absolute Gasteiger partial charge is 0.233 e. The molecule has 0 spiro atoms. The van der Waals surface area contributed by atoms with E-state index in [4.69, 9.17) is 5.11 Å². The van der Waals surface area contributed by atoms with Gasteiger partial charge in [0.1, 0.15) is 0 Å². The van der Waals surface area contributed by atoms with E-state index in [2.05, 4.69) is 13.2 Å². The maximum atomic E-state index is 12.1. The molecule has 1 amide bonds. The molecule has 4 nitrogen and oxygen atoms in total. The molecular weight excluding hydrogens is 218 g/mol. The Hall–Kier alpha value is -1.42. The van der Waals surface area contributed by atoms with Crippen LogP contribution in [0.2, 0.25) is 0 Å². The highest BCUT2D eigenvalue weighted by Gasteiger charge is 2.39. The van der Waals surface area contributed by atoms with Crippen molar-refractivity contribution in [2.75, 3.05) is 19.7 Å². The Morgan fingerprint density at radius 1 is 1.35 bits per heavy atom. The topological polar surface area (TPSA) is 57.6 Å². The maximum absolute atomic E-state index is 12.1. The van der Waals surface area contributed by atoms with Crippen LogP contribution in [0.1, 0.15) is 12.8 Å². The van der Waals surface area contributed by atoms with Crippen molar-refractivity contribution in [2.24, 2.45) is 11.8 Å². The molecule has 2 atom stereocenters. The van der Waals surface area contributed by atoms with Crippen molar-refractivity contribution in [3.8, 4) is 0 Å². The highest BCUT2D eigenvalue weighted by molar-refractivity contribution is 6.03. The Morgan fingerprint density at radius 3 is 2.35 bits per heavy atom. The first-order valence-corrected chi connectivity index (χ1v) is 5.80. The second-order valence-electron chi connectivity index (χ2n) is 4.23. The minimum atomic E-state index is -0.591. The number of hydrogen-bond acceptors (Lipinski definition) is 3. The van der Waals surface area contributed by atoms with E-state index in [0.29, 0.717) is 25.9 Å². The first-order valence-electron chi connectivity index (χ1n) is 5.80. The fourth-order valence-electron chi connectivity index (χ4n) is 2.15. The minimum absolute atomic E-state index is 0.129. The van der Waals surface area contributed by atoms with E-state index >= 15 is 0 Å². The molecule has 1 fully saturated rings. The van der Waals surface area contributed by atoms with E-state index in [1.54, 1.807) is 17.1 Å². The summed E-state index contributed by atoms with van der Waals surface area (Å²) in [6.07, 6.45) is 4.39. The van der Waals surface area contributed by atoms with Crippen LogP contribution >= 0.6 is 0 Å². The second kappa shape index (κ2) is 6.35. The minimum Gasteiger partial charge on any atom is -0.396 e. The average molecular weight is 237 g/mol. The van der Waals surface area contributed by atoms with Crippen molar-refractivity contribution in [1.29, 1.82) is 0 Å². The van der Waals surface area contributed by atoms with Crippen LogP contribution < -0.4 is 0 Å². The number of carbonyl (C=O) groups excluding carboxylic acids is 2. The van der Waals surface area contributed by atoms with Gasteiger partial charge in [-0.1, -0.05) is 12.2 Å².